The SMILES string of the molecule is Cc1nc(Br)c(CCc2ccc(Cl)c(Cl)c2)[nH]1. The van der Waals surface area contributed by atoms with Gasteiger partial charge in [0.25, 0.3) is 0 Å². The van der Waals surface area contributed by atoms with Crippen molar-refractivity contribution in [1.82, 2.24) is 9.97 Å². The first-order valence-corrected chi connectivity index (χ1v) is 6.76. The van der Waals surface area contributed by atoms with Gasteiger partial charge >= 0.3 is 0 Å². The Morgan fingerprint density at radius 1 is 1.24 bits per heavy atom. The first kappa shape index (κ1) is 12.9. The second kappa shape index (κ2) is 5.42. The van der Waals surface area contributed by atoms with Crippen LogP contribution >= 0.6 is 39.1 Å². The summed E-state index contributed by atoms with van der Waals surface area (Å²) in [4.78, 5) is 7.49. The van der Waals surface area contributed by atoms with Gasteiger partial charge in [-0.05, 0) is 53.4 Å². The number of aromatic amines is 1. The molecule has 1 N–H and O–H groups in total. The third-order valence-electron chi connectivity index (χ3n) is 2.49. The topological polar surface area (TPSA) is 28.7 Å². The molecular weight excluding hydrogens is 323 g/mol. The highest BCUT2D eigenvalue weighted by molar-refractivity contribution is 9.10. The number of H-pyrrole nitrogens is 1. The van der Waals surface area contributed by atoms with Gasteiger partial charge in [0.1, 0.15) is 10.4 Å². The van der Waals surface area contributed by atoms with E-state index in [4.69, 9.17) is 23.2 Å². The molecule has 0 atom stereocenters. The Hall–Kier alpha value is -0.510. The van der Waals surface area contributed by atoms with E-state index in [-0.39, 0.29) is 0 Å². The molecule has 0 unspecified atom stereocenters. The second-order valence-electron chi connectivity index (χ2n) is 3.84. The molecule has 0 aliphatic rings. The van der Waals surface area contributed by atoms with Gasteiger partial charge < -0.3 is 4.98 Å². The molecule has 0 amide bonds. The van der Waals surface area contributed by atoms with Crippen LogP contribution in [0.2, 0.25) is 10.0 Å². The van der Waals surface area contributed by atoms with Crippen molar-refractivity contribution in [3.63, 3.8) is 0 Å². The van der Waals surface area contributed by atoms with E-state index < -0.39 is 0 Å². The minimum Gasteiger partial charge on any atom is -0.345 e. The number of nitrogens with one attached hydrogen (secondary N) is 1. The van der Waals surface area contributed by atoms with Crippen molar-refractivity contribution in [2.75, 3.05) is 0 Å². The quantitative estimate of drug-likeness (QED) is 0.875. The van der Waals surface area contributed by atoms with E-state index in [2.05, 4.69) is 25.9 Å². The molecule has 2 aromatic rings. The predicted octanol–water partition coefficient (Wildman–Crippen LogP) is 4.57. The lowest BCUT2D eigenvalue weighted by Gasteiger charge is -2.02. The molecule has 17 heavy (non-hydrogen) atoms. The molecule has 0 saturated carbocycles. The van der Waals surface area contributed by atoms with Crippen LogP contribution in [0.15, 0.2) is 22.8 Å². The summed E-state index contributed by atoms with van der Waals surface area (Å²) in [6, 6.07) is 5.72. The molecule has 0 aliphatic heterocycles. The van der Waals surface area contributed by atoms with Crippen molar-refractivity contribution in [3.05, 3.63) is 49.9 Å². The van der Waals surface area contributed by atoms with Gasteiger partial charge in [-0.15, -0.1) is 0 Å². The molecule has 2 nitrogen and oxygen atoms in total. The summed E-state index contributed by atoms with van der Waals surface area (Å²) < 4.78 is 0.884. The molecule has 0 aliphatic carbocycles. The highest BCUT2D eigenvalue weighted by Crippen LogP contribution is 2.23. The van der Waals surface area contributed by atoms with Gasteiger partial charge in [0.05, 0.1) is 10.0 Å². The maximum Gasteiger partial charge on any atom is 0.127 e. The van der Waals surface area contributed by atoms with Crippen molar-refractivity contribution in [2.45, 2.75) is 19.8 Å². The summed E-state index contributed by atoms with van der Waals surface area (Å²) in [5, 5.41) is 1.19. The molecular formula is C12H11BrCl2N2. The number of hydrogen-bond donors (Lipinski definition) is 1. The van der Waals surface area contributed by atoms with E-state index in [1.807, 2.05) is 25.1 Å². The Balaban J connectivity index is 2.07. The first-order valence-electron chi connectivity index (χ1n) is 5.21. The largest absolute Gasteiger partial charge is 0.345 e. The minimum atomic E-state index is 0.592. The Bertz CT molecular complexity index is 537. The van der Waals surface area contributed by atoms with Crippen molar-refractivity contribution in [2.24, 2.45) is 0 Å². The number of rotatable bonds is 3. The Labute approximate surface area is 118 Å². The summed E-state index contributed by atoms with van der Waals surface area (Å²) in [5.74, 6) is 0.918. The number of aromatic nitrogens is 2. The van der Waals surface area contributed by atoms with Crippen LogP contribution in [0.4, 0.5) is 0 Å². The average molecular weight is 334 g/mol. The van der Waals surface area contributed by atoms with Crippen molar-refractivity contribution in [1.29, 1.82) is 0 Å². The zero-order chi connectivity index (χ0) is 12.4. The maximum absolute atomic E-state index is 5.97. The van der Waals surface area contributed by atoms with E-state index >= 15 is 0 Å². The predicted molar refractivity (Wildman–Crippen MR) is 74.9 cm³/mol. The van der Waals surface area contributed by atoms with E-state index in [0.717, 1.165) is 29.0 Å². The van der Waals surface area contributed by atoms with Crippen molar-refractivity contribution < 1.29 is 0 Å². The van der Waals surface area contributed by atoms with Gasteiger partial charge in [0.2, 0.25) is 0 Å². The summed E-state index contributed by atoms with van der Waals surface area (Å²) in [5.41, 5.74) is 2.27. The molecule has 5 heteroatoms. The van der Waals surface area contributed by atoms with Gasteiger partial charge in [0, 0.05) is 5.69 Å². The molecule has 2 rings (SSSR count). The van der Waals surface area contributed by atoms with Crippen LogP contribution in [0.25, 0.3) is 0 Å². The van der Waals surface area contributed by atoms with Crippen LogP contribution in [0.1, 0.15) is 17.1 Å². The van der Waals surface area contributed by atoms with Crippen LogP contribution in [0, 0.1) is 6.92 Å². The molecule has 1 aromatic carbocycles. The lowest BCUT2D eigenvalue weighted by Crippen LogP contribution is -1.92. The third-order valence-corrected chi connectivity index (χ3v) is 3.89. The van der Waals surface area contributed by atoms with Crippen LogP contribution < -0.4 is 0 Å². The molecule has 0 fully saturated rings. The fourth-order valence-electron chi connectivity index (χ4n) is 1.64. The van der Waals surface area contributed by atoms with Gasteiger partial charge in [-0.3, -0.25) is 0 Å². The molecule has 90 valence electrons. The highest BCUT2D eigenvalue weighted by Gasteiger charge is 2.06. The van der Waals surface area contributed by atoms with Gasteiger partial charge in [-0.2, -0.15) is 0 Å². The van der Waals surface area contributed by atoms with Gasteiger partial charge in [-0.25, -0.2) is 4.98 Å². The Morgan fingerprint density at radius 2 is 2.00 bits per heavy atom. The second-order valence-corrected chi connectivity index (χ2v) is 5.41. The normalized spacial score (nSPS) is 10.8. The molecule has 0 spiro atoms. The Morgan fingerprint density at radius 3 is 2.59 bits per heavy atom. The number of hydrogen-bond acceptors (Lipinski definition) is 1. The van der Waals surface area contributed by atoms with Gasteiger partial charge in [0.15, 0.2) is 0 Å². The first-order chi connectivity index (χ1) is 8.06. The minimum absolute atomic E-state index is 0.592. The van der Waals surface area contributed by atoms with Crippen molar-refractivity contribution >= 4 is 39.1 Å². The Kier molecular flexibility index (Phi) is 4.13. The zero-order valence-corrected chi connectivity index (χ0v) is 12.3. The maximum atomic E-state index is 5.97. The molecule has 1 heterocycles. The van der Waals surface area contributed by atoms with E-state index in [1.165, 1.54) is 5.56 Å². The van der Waals surface area contributed by atoms with Crippen LogP contribution in [-0.4, -0.2) is 9.97 Å². The summed E-state index contributed by atoms with van der Waals surface area (Å²) >= 11 is 15.3. The number of aryl methyl sites for hydroxylation is 3. The number of halogens is 3. The van der Waals surface area contributed by atoms with E-state index in [0.29, 0.717) is 10.0 Å². The zero-order valence-electron chi connectivity index (χ0n) is 9.23. The fourth-order valence-corrected chi connectivity index (χ4v) is 2.53. The molecule has 0 radical (unpaired) electrons. The summed E-state index contributed by atoms with van der Waals surface area (Å²) in [6.45, 7) is 1.94. The molecule has 1 aromatic heterocycles. The van der Waals surface area contributed by atoms with E-state index in [1.54, 1.807) is 0 Å². The fraction of sp³-hybridized carbons (Fsp3) is 0.250. The van der Waals surface area contributed by atoms with Crippen molar-refractivity contribution in [3.8, 4) is 0 Å². The van der Waals surface area contributed by atoms with Gasteiger partial charge in [-0.1, -0.05) is 29.3 Å². The van der Waals surface area contributed by atoms with Crippen LogP contribution in [0.5, 0.6) is 0 Å². The van der Waals surface area contributed by atoms with Crippen LogP contribution in [-0.2, 0) is 12.8 Å². The number of imidazole rings is 1. The van der Waals surface area contributed by atoms with Crippen LogP contribution in [0.3, 0.4) is 0 Å². The lowest BCUT2D eigenvalue weighted by molar-refractivity contribution is 0.915. The third kappa shape index (κ3) is 3.24. The smallest absolute Gasteiger partial charge is 0.127 e. The standard InChI is InChI=1S/C12H11BrCl2N2/c1-7-16-11(12(13)17-7)5-3-8-2-4-9(14)10(15)6-8/h2,4,6H,3,5H2,1H3,(H,16,17). The van der Waals surface area contributed by atoms with E-state index in [9.17, 15) is 0 Å². The molecule has 0 saturated heterocycles. The number of nitrogens with zero attached hydrogens (tertiary/aromatic N) is 1. The lowest BCUT2D eigenvalue weighted by atomic mass is 10.1. The highest BCUT2D eigenvalue weighted by atomic mass is 79.9. The molecule has 0 bridgehead atoms. The number of benzene rings is 1. The average Bonchev–Trinajstić information content (AvgIpc) is 2.59. The summed E-state index contributed by atoms with van der Waals surface area (Å²) in [6.07, 6.45) is 1.79. The summed E-state index contributed by atoms with van der Waals surface area (Å²) in [7, 11) is 0. The monoisotopic (exact) mass is 332 g/mol.